The highest BCUT2D eigenvalue weighted by molar-refractivity contribution is 5.73. The van der Waals surface area contributed by atoms with E-state index < -0.39 is 0 Å². The third-order valence-corrected chi connectivity index (χ3v) is 6.31. The summed E-state index contributed by atoms with van der Waals surface area (Å²) in [4.78, 5) is 29.3. The first-order valence-corrected chi connectivity index (χ1v) is 10.9. The maximum atomic E-state index is 12.9. The SMILES string of the molecule is COC(=O)C1CCC(Cn2c(=O)n(C)c3ccc(OCc4cccc(OC)c4)nc32)CC1. The molecule has 0 bridgehead atoms. The number of carbonyl (C=O) groups excluding carboxylic acids is 1. The highest BCUT2D eigenvalue weighted by atomic mass is 16.5. The maximum Gasteiger partial charge on any atom is 0.330 e. The van der Waals surface area contributed by atoms with Crippen LogP contribution in [0.3, 0.4) is 0 Å². The molecular weight excluding hydrogens is 410 g/mol. The summed E-state index contributed by atoms with van der Waals surface area (Å²) in [5.74, 6) is 1.39. The van der Waals surface area contributed by atoms with E-state index in [0.29, 0.717) is 30.6 Å². The van der Waals surface area contributed by atoms with Gasteiger partial charge in [0.2, 0.25) is 5.88 Å². The van der Waals surface area contributed by atoms with Crippen molar-refractivity contribution >= 4 is 17.1 Å². The standard InChI is InChI=1S/C24H29N3O5/c1-26-20-11-12-21(32-15-17-5-4-6-19(13-17)30-2)25-22(20)27(24(26)29)14-16-7-9-18(10-8-16)23(28)31-3/h4-6,11-13,16,18H,7-10,14-15H2,1-3H3. The molecule has 32 heavy (non-hydrogen) atoms. The molecule has 1 aromatic carbocycles. The lowest BCUT2D eigenvalue weighted by atomic mass is 9.82. The summed E-state index contributed by atoms with van der Waals surface area (Å²) in [6.45, 7) is 0.931. The van der Waals surface area contributed by atoms with Crippen LogP contribution in [0.4, 0.5) is 0 Å². The van der Waals surface area contributed by atoms with Gasteiger partial charge in [-0.3, -0.25) is 13.9 Å². The molecule has 0 spiro atoms. The number of benzene rings is 1. The predicted molar refractivity (Wildman–Crippen MR) is 120 cm³/mol. The average Bonchev–Trinajstić information content (AvgIpc) is 3.07. The Morgan fingerprint density at radius 3 is 2.62 bits per heavy atom. The monoisotopic (exact) mass is 439 g/mol. The van der Waals surface area contributed by atoms with Crippen molar-refractivity contribution in [3.63, 3.8) is 0 Å². The van der Waals surface area contributed by atoms with Crippen LogP contribution in [0.25, 0.3) is 11.2 Å². The molecule has 8 heteroatoms. The summed E-state index contributed by atoms with van der Waals surface area (Å²) in [6.07, 6.45) is 3.35. The molecule has 0 atom stereocenters. The van der Waals surface area contributed by atoms with Crippen LogP contribution in [0, 0.1) is 11.8 Å². The molecule has 0 radical (unpaired) electrons. The van der Waals surface area contributed by atoms with Crippen LogP contribution < -0.4 is 15.2 Å². The zero-order valence-corrected chi connectivity index (χ0v) is 18.7. The maximum absolute atomic E-state index is 12.9. The molecular formula is C24H29N3O5. The number of hydrogen-bond acceptors (Lipinski definition) is 6. The molecule has 0 unspecified atom stereocenters. The number of pyridine rings is 1. The van der Waals surface area contributed by atoms with Crippen molar-refractivity contribution in [3.8, 4) is 11.6 Å². The third-order valence-electron chi connectivity index (χ3n) is 6.31. The fourth-order valence-corrected chi connectivity index (χ4v) is 4.43. The molecule has 0 amide bonds. The van der Waals surface area contributed by atoms with E-state index in [9.17, 15) is 9.59 Å². The number of rotatable bonds is 7. The minimum absolute atomic E-state index is 0.0322. The predicted octanol–water partition coefficient (Wildman–Crippen LogP) is 3.30. The molecule has 3 aromatic rings. The average molecular weight is 440 g/mol. The molecule has 4 rings (SSSR count). The summed E-state index contributed by atoms with van der Waals surface area (Å²) in [7, 11) is 4.82. The van der Waals surface area contributed by atoms with Crippen molar-refractivity contribution < 1.29 is 19.0 Å². The van der Waals surface area contributed by atoms with Crippen LogP contribution in [-0.4, -0.2) is 34.3 Å². The Kier molecular flexibility index (Phi) is 6.48. The Morgan fingerprint density at radius 2 is 1.91 bits per heavy atom. The van der Waals surface area contributed by atoms with Gasteiger partial charge >= 0.3 is 11.7 Å². The van der Waals surface area contributed by atoms with Gasteiger partial charge < -0.3 is 14.2 Å². The van der Waals surface area contributed by atoms with Crippen LogP contribution in [0.2, 0.25) is 0 Å². The van der Waals surface area contributed by atoms with E-state index in [1.54, 1.807) is 29.4 Å². The van der Waals surface area contributed by atoms with Crippen LogP contribution in [0.1, 0.15) is 31.2 Å². The van der Waals surface area contributed by atoms with Gasteiger partial charge in [-0.2, -0.15) is 4.98 Å². The Morgan fingerprint density at radius 1 is 1.12 bits per heavy atom. The molecule has 0 aliphatic heterocycles. The molecule has 170 valence electrons. The second-order valence-corrected chi connectivity index (χ2v) is 8.33. The van der Waals surface area contributed by atoms with Crippen molar-refractivity contribution in [2.75, 3.05) is 14.2 Å². The molecule has 1 aliphatic carbocycles. The van der Waals surface area contributed by atoms with Gasteiger partial charge in [0.05, 0.1) is 25.7 Å². The Hall–Kier alpha value is -3.29. The van der Waals surface area contributed by atoms with Crippen molar-refractivity contribution in [3.05, 3.63) is 52.4 Å². The lowest BCUT2D eigenvalue weighted by molar-refractivity contribution is -0.146. The van der Waals surface area contributed by atoms with Crippen LogP contribution in [0.15, 0.2) is 41.2 Å². The minimum atomic E-state index is -0.134. The van der Waals surface area contributed by atoms with Crippen molar-refractivity contribution in [1.29, 1.82) is 0 Å². The Balaban J connectivity index is 1.51. The fourth-order valence-electron chi connectivity index (χ4n) is 4.43. The summed E-state index contributed by atoms with van der Waals surface area (Å²) in [6, 6.07) is 11.3. The normalized spacial score (nSPS) is 18.5. The molecule has 1 saturated carbocycles. The van der Waals surface area contributed by atoms with E-state index in [2.05, 4.69) is 4.98 Å². The number of aromatic nitrogens is 3. The fraction of sp³-hybridized carbons (Fsp3) is 0.458. The molecule has 1 fully saturated rings. The molecule has 1 aliphatic rings. The van der Waals surface area contributed by atoms with E-state index in [0.717, 1.165) is 42.5 Å². The highest BCUT2D eigenvalue weighted by Crippen LogP contribution is 2.31. The number of aryl methyl sites for hydroxylation is 1. The molecule has 2 heterocycles. The molecule has 8 nitrogen and oxygen atoms in total. The lowest BCUT2D eigenvalue weighted by Gasteiger charge is -2.26. The van der Waals surface area contributed by atoms with Gasteiger partial charge in [-0.1, -0.05) is 12.1 Å². The number of methoxy groups -OCH3 is 2. The Bertz CT molecular complexity index is 1160. The first-order valence-electron chi connectivity index (χ1n) is 10.9. The van der Waals surface area contributed by atoms with Gasteiger partial charge in [0.25, 0.3) is 0 Å². The molecule has 2 aromatic heterocycles. The van der Waals surface area contributed by atoms with Gasteiger partial charge in [-0.05, 0) is 55.4 Å². The number of esters is 1. The third kappa shape index (κ3) is 4.49. The quantitative estimate of drug-likeness (QED) is 0.525. The second kappa shape index (κ2) is 9.46. The van der Waals surface area contributed by atoms with Gasteiger partial charge in [-0.25, -0.2) is 4.79 Å². The van der Waals surface area contributed by atoms with Crippen molar-refractivity contribution in [1.82, 2.24) is 14.1 Å². The van der Waals surface area contributed by atoms with Crippen LogP contribution in [-0.2, 0) is 29.7 Å². The van der Waals surface area contributed by atoms with Gasteiger partial charge in [-0.15, -0.1) is 0 Å². The summed E-state index contributed by atoms with van der Waals surface area (Å²) in [5, 5.41) is 0. The van der Waals surface area contributed by atoms with E-state index in [1.807, 2.05) is 30.3 Å². The van der Waals surface area contributed by atoms with E-state index >= 15 is 0 Å². The zero-order chi connectivity index (χ0) is 22.7. The van der Waals surface area contributed by atoms with Gasteiger partial charge in [0.1, 0.15) is 12.4 Å². The largest absolute Gasteiger partial charge is 0.497 e. The zero-order valence-electron chi connectivity index (χ0n) is 18.7. The van der Waals surface area contributed by atoms with Crippen LogP contribution in [0.5, 0.6) is 11.6 Å². The smallest absolute Gasteiger partial charge is 0.330 e. The first kappa shape index (κ1) is 21.9. The number of hydrogen-bond donors (Lipinski definition) is 0. The van der Waals surface area contributed by atoms with Crippen LogP contribution >= 0.6 is 0 Å². The van der Waals surface area contributed by atoms with Crippen molar-refractivity contribution in [2.24, 2.45) is 18.9 Å². The van der Waals surface area contributed by atoms with E-state index in [-0.39, 0.29) is 17.6 Å². The number of ether oxygens (including phenoxy) is 3. The number of nitrogens with zero attached hydrogens (tertiary/aromatic N) is 3. The number of carbonyl (C=O) groups is 1. The summed E-state index contributed by atoms with van der Waals surface area (Å²) >= 11 is 0. The lowest BCUT2D eigenvalue weighted by Crippen LogP contribution is -2.29. The van der Waals surface area contributed by atoms with E-state index in [1.165, 1.54) is 7.11 Å². The summed E-state index contributed by atoms with van der Waals surface area (Å²) in [5.41, 5.74) is 2.27. The molecule has 0 saturated heterocycles. The highest BCUT2D eigenvalue weighted by Gasteiger charge is 2.28. The molecule has 0 N–H and O–H groups in total. The topological polar surface area (TPSA) is 84.6 Å². The second-order valence-electron chi connectivity index (χ2n) is 8.33. The van der Waals surface area contributed by atoms with Gasteiger partial charge in [0.15, 0.2) is 5.65 Å². The van der Waals surface area contributed by atoms with Crippen molar-refractivity contribution in [2.45, 2.75) is 38.8 Å². The van der Waals surface area contributed by atoms with E-state index in [4.69, 9.17) is 14.2 Å². The Labute approximate surface area is 186 Å². The summed E-state index contributed by atoms with van der Waals surface area (Å²) < 4.78 is 19.4. The minimum Gasteiger partial charge on any atom is -0.497 e. The number of imidazole rings is 1. The first-order chi connectivity index (χ1) is 15.5. The van der Waals surface area contributed by atoms with Gasteiger partial charge in [0, 0.05) is 19.7 Å². The number of fused-ring (bicyclic) bond motifs is 1.